The van der Waals surface area contributed by atoms with Crippen LogP contribution in [0, 0.1) is 6.92 Å². The number of rotatable bonds is 0. The number of aryl methyl sites for hydroxylation is 1. The summed E-state index contributed by atoms with van der Waals surface area (Å²) in [5.74, 6) is 0. The Morgan fingerprint density at radius 3 is 2.59 bits per heavy atom. The van der Waals surface area contributed by atoms with E-state index in [1.807, 2.05) is 0 Å². The molecular formula is C10H7BrClF3N2. The van der Waals surface area contributed by atoms with Crippen LogP contribution >= 0.6 is 27.5 Å². The molecule has 1 aromatic heterocycles. The van der Waals surface area contributed by atoms with Crippen molar-refractivity contribution in [3.05, 3.63) is 21.3 Å². The quantitative estimate of drug-likeness (QED) is 0.682. The number of alkyl halides is 4. The fourth-order valence-corrected chi connectivity index (χ4v) is 2.25. The molecule has 0 bridgehead atoms. The number of fused-ring (bicyclic) bond motifs is 1. The van der Waals surface area contributed by atoms with Crippen molar-refractivity contribution in [2.45, 2.75) is 23.8 Å². The SMILES string of the molecule is Cc1nnc(Cl)c2c1=CC(Br)(C(F)(F)F)CC=2. The summed E-state index contributed by atoms with van der Waals surface area (Å²) < 4.78 is 36.6. The second-order valence-corrected chi connectivity index (χ2v) is 5.59. The van der Waals surface area contributed by atoms with Crippen molar-refractivity contribution in [2.24, 2.45) is 0 Å². The summed E-state index contributed by atoms with van der Waals surface area (Å²) in [6.07, 6.45) is -2.04. The fraction of sp³-hybridized carbons (Fsp3) is 0.400. The van der Waals surface area contributed by atoms with E-state index in [9.17, 15) is 13.2 Å². The molecule has 0 saturated carbocycles. The maximum atomic E-state index is 12.9. The van der Waals surface area contributed by atoms with Gasteiger partial charge in [-0.25, -0.2) is 0 Å². The molecule has 0 spiro atoms. The molecule has 0 saturated heterocycles. The molecule has 0 N–H and O–H groups in total. The van der Waals surface area contributed by atoms with Crippen LogP contribution in [0.3, 0.4) is 0 Å². The predicted molar refractivity (Wildman–Crippen MR) is 62.3 cm³/mol. The third kappa shape index (κ3) is 2.08. The van der Waals surface area contributed by atoms with Crippen LogP contribution in [-0.4, -0.2) is 20.7 Å². The Balaban J connectivity index is 2.75. The lowest BCUT2D eigenvalue weighted by Crippen LogP contribution is -2.45. The minimum Gasteiger partial charge on any atom is -0.169 e. The summed E-state index contributed by atoms with van der Waals surface area (Å²) in [6, 6.07) is 0. The summed E-state index contributed by atoms with van der Waals surface area (Å²) in [5, 5.41) is 8.40. The van der Waals surface area contributed by atoms with Gasteiger partial charge in [0.1, 0.15) is 4.32 Å². The van der Waals surface area contributed by atoms with Crippen molar-refractivity contribution in [3.63, 3.8) is 0 Å². The first-order valence-corrected chi connectivity index (χ1v) is 5.89. The summed E-state index contributed by atoms with van der Waals surface area (Å²) in [6.45, 7) is 1.60. The first kappa shape index (κ1) is 12.8. The Morgan fingerprint density at radius 2 is 2.00 bits per heavy atom. The van der Waals surface area contributed by atoms with Crippen molar-refractivity contribution < 1.29 is 13.2 Å². The fourth-order valence-electron chi connectivity index (χ4n) is 1.64. The molecule has 92 valence electrons. The zero-order chi connectivity index (χ0) is 12.8. The van der Waals surface area contributed by atoms with Crippen LogP contribution in [0.25, 0.3) is 12.2 Å². The molecule has 17 heavy (non-hydrogen) atoms. The standard InChI is InChI=1S/C10H7BrClF3N2/c1-5-7-4-9(11,10(13,14)15)3-2-6(7)8(12)17-16-5/h2,4H,3H2,1H3. The van der Waals surface area contributed by atoms with E-state index in [1.54, 1.807) is 6.92 Å². The molecule has 1 aliphatic carbocycles. The second-order valence-electron chi connectivity index (χ2n) is 3.82. The average molecular weight is 328 g/mol. The highest BCUT2D eigenvalue weighted by Crippen LogP contribution is 2.43. The van der Waals surface area contributed by atoms with E-state index in [0.29, 0.717) is 16.1 Å². The first-order valence-electron chi connectivity index (χ1n) is 4.72. The molecule has 7 heteroatoms. The maximum Gasteiger partial charge on any atom is 0.407 e. The van der Waals surface area contributed by atoms with Gasteiger partial charge in [-0.3, -0.25) is 0 Å². The van der Waals surface area contributed by atoms with Gasteiger partial charge in [0.2, 0.25) is 0 Å². The largest absolute Gasteiger partial charge is 0.407 e. The molecule has 1 unspecified atom stereocenters. The van der Waals surface area contributed by atoms with Gasteiger partial charge in [0.15, 0.2) is 5.15 Å². The van der Waals surface area contributed by atoms with Gasteiger partial charge in [-0.15, -0.1) is 5.10 Å². The number of halogens is 5. The smallest absolute Gasteiger partial charge is 0.169 e. The van der Waals surface area contributed by atoms with Gasteiger partial charge in [0.25, 0.3) is 0 Å². The second kappa shape index (κ2) is 3.95. The number of hydrogen-bond acceptors (Lipinski definition) is 2. The molecule has 0 fully saturated rings. The third-order valence-corrected chi connectivity index (χ3v) is 3.92. The van der Waals surface area contributed by atoms with E-state index in [4.69, 9.17) is 11.6 Å². The highest BCUT2D eigenvalue weighted by Gasteiger charge is 2.51. The van der Waals surface area contributed by atoms with Crippen LogP contribution in [0.2, 0.25) is 5.15 Å². The predicted octanol–water partition coefficient (Wildman–Crippen LogP) is 2.10. The molecule has 1 aliphatic rings. The monoisotopic (exact) mass is 326 g/mol. The molecule has 0 amide bonds. The van der Waals surface area contributed by atoms with Gasteiger partial charge in [0, 0.05) is 10.4 Å². The van der Waals surface area contributed by atoms with E-state index < -0.39 is 10.5 Å². The molecule has 0 aliphatic heterocycles. The van der Waals surface area contributed by atoms with Crippen LogP contribution in [0.4, 0.5) is 13.2 Å². The van der Waals surface area contributed by atoms with E-state index in [-0.39, 0.29) is 11.6 Å². The Hall–Kier alpha value is -0.620. The highest BCUT2D eigenvalue weighted by atomic mass is 79.9. The van der Waals surface area contributed by atoms with Crippen molar-refractivity contribution in [3.8, 4) is 0 Å². The van der Waals surface area contributed by atoms with Gasteiger partial charge in [-0.05, 0) is 19.4 Å². The summed E-state index contributed by atoms with van der Waals surface area (Å²) >= 11 is 8.54. The number of nitrogens with zero attached hydrogens (tertiary/aromatic N) is 2. The number of hydrogen-bond donors (Lipinski definition) is 0. The van der Waals surface area contributed by atoms with Crippen LogP contribution in [0.15, 0.2) is 0 Å². The van der Waals surface area contributed by atoms with Gasteiger partial charge in [0.05, 0.1) is 5.69 Å². The summed E-state index contributed by atoms with van der Waals surface area (Å²) in [5.41, 5.74) is 0.424. The van der Waals surface area contributed by atoms with E-state index in [1.165, 1.54) is 6.08 Å². The Bertz CT molecular complexity index is 584. The van der Waals surface area contributed by atoms with Crippen molar-refractivity contribution in [2.75, 3.05) is 0 Å². The Morgan fingerprint density at radius 1 is 1.35 bits per heavy atom. The lowest BCUT2D eigenvalue weighted by Gasteiger charge is -2.27. The topological polar surface area (TPSA) is 25.8 Å². The average Bonchev–Trinajstić information content (AvgIpc) is 2.22. The van der Waals surface area contributed by atoms with E-state index in [0.717, 1.165) is 6.08 Å². The maximum absolute atomic E-state index is 12.9. The first-order chi connectivity index (χ1) is 7.74. The Labute approximate surface area is 108 Å². The summed E-state index contributed by atoms with van der Waals surface area (Å²) in [7, 11) is 0. The molecule has 0 aromatic carbocycles. The normalized spacial score (nSPS) is 23.6. The molecule has 1 atom stereocenters. The van der Waals surface area contributed by atoms with Crippen molar-refractivity contribution in [1.29, 1.82) is 0 Å². The minimum atomic E-state index is -4.37. The molecule has 1 aromatic rings. The molecule has 2 rings (SSSR count). The van der Waals surface area contributed by atoms with Crippen molar-refractivity contribution >= 4 is 39.7 Å². The summed E-state index contributed by atoms with van der Waals surface area (Å²) in [4.78, 5) is 0. The third-order valence-electron chi connectivity index (χ3n) is 2.64. The van der Waals surface area contributed by atoms with Gasteiger partial charge in [-0.2, -0.15) is 18.3 Å². The molecule has 2 nitrogen and oxygen atoms in total. The zero-order valence-electron chi connectivity index (χ0n) is 8.65. The van der Waals surface area contributed by atoms with E-state index >= 15 is 0 Å². The minimum absolute atomic E-state index is 0.124. The van der Waals surface area contributed by atoms with E-state index in [2.05, 4.69) is 26.1 Å². The Kier molecular flexibility index (Phi) is 2.98. The zero-order valence-corrected chi connectivity index (χ0v) is 11.0. The van der Waals surface area contributed by atoms with Gasteiger partial charge >= 0.3 is 6.18 Å². The number of aromatic nitrogens is 2. The molecule has 1 heterocycles. The molecule has 0 radical (unpaired) electrons. The van der Waals surface area contributed by atoms with Crippen molar-refractivity contribution in [1.82, 2.24) is 10.2 Å². The highest BCUT2D eigenvalue weighted by molar-refractivity contribution is 9.10. The van der Waals surface area contributed by atoms with Crippen LogP contribution in [-0.2, 0) is 0 Å². The van der Waals surface area contributed by atoms with Crippen LogP contribution in [0.1, 0.15) is 12.1 Å². The van der Waals surface area contributed by atoms with Gasteiger partial charge < -0.3 is 0 Å². The van der Waals surface area contributed by atoms with Crippen LogP contribution < -0.4 is 10.4 Å². The lowest BCUT2D eigenvalue weighted by molar-refractivity contribution is -0.141. The molecular weight excluding hydrogens is 320 g/mol. The van der Waals surface area contributed by atoms with Gasteiger partial charge in [-0.1, -0.05) is 33.6 Å². The van der Waals surface area contributed by atoms with Crippen LogP contribution in [0.5, 0.6) is 0 Å². The lowest BCUT2D eigenvalue weighted by atomic mass is 9.97.